The molecule has 3 aliphatic heterocycles. The van der Waals surface area contributed by atoms with Crippen LogP contribution in [-0.2, 0) is 19.1 Å². The van der Waals surface area contributed by atoms with Crippen LogP contribution in [0.3, 0.4) is 0 Å². The third kappa shape index (κ3) is 4.95. The molecule has 7 atom stereocenters. The molecule has 1 N–H and O–H groups in total. The van der Waals surface area contributed by atoms with E-state index < -0.39 is 33.4 Å². The van der Waals surface area contributed by atoms with Gasteiger partial charge in [0, 0.05) is 17.3 Å². The Morgan fingerprint density at radius 2 is 1.97 bits per heavy atom. The molecule has 0 aromatic heterocycles. The van der Waals surface area contributed by atoms with Gasteiger partial charge in [-0.25, -0.2) is 0 Å². The zero-order valence-electron chi connectivity index (χ0n) is 23.4. The predicted molar refractivity (Wildman–Crippen MR) is 154 cm³/mol. The van der Waals surface area contributed by atoms with Crippen LogP contribution in [0.25, 0.3) is 0 Å². The molecule has 3 aliphatic rings. The SMILES string of the molecule is C=CCCOC(=O)[C@@H]1[C@H]2C(=O)N([C@H](CO)c3ccccc3)C(C(=O)N(CC=C)C(C)CCC)C23CC[C@@]1(C)S3. The van der Waals surface area contributed by atoms with E-state index in [9.17, 15) is 19.5 Å². The van der Waals surface area contributed by atoms with E-state index in [0.29, 0.717) is 25.8 Å². The standard InChI is InChI=1S/C31H42N2O5S/c1-6-9-19-38-29(37)25-24-27(35)33(23(20-34)22-14-11-10-12-15-22)26(31(24)17-16-30(25,5)39-31)28(36)32(18-8-3)21(4)13-7-2/h6,8,10-12,14-15,21,23-26,34H,1,3,7,9,13,16-20H2,2,4-5H3/t21?,23-,24+,25+,26?,30-,31?/m1/s1. The summed E-state index contributed by atoms with van der Waals surface area (Å²) in [4.78, 5) is 46.1. The zero-order chi connectivity index (χ0) is 28.4. The Labute approximate surface area is 236 Å². The maximum atomic E-state index is 14.6. The molecular formula is C31H42N2O5S. The van der Waals surface area contributed by atoms with Gasteiger partial charge >= 0.3 is 5.97 Å². The van der Waals surface area contributed by atoms with E-state index >= 15 is 0 Å². The molecule has 39 heavy (non-hydrogen) atoms. The van der Waals surface area contributed by atoms with Crippen molar-refractivity contribution in [3.05, 3.63) is 61.2 Å². The highest BCUT2D eigenvalue weighted by atomic mass is 32.2. The van der Waals surface area contributed by atoms with Crippen molar-refractivity contribution in [1.82, 2.24) is 9.80 Å². The van der Waals surface area contributed by atoms with E-state index in [-0.39, 0.29) is 37.0 Å². The van der Waals surface area contributed by atoms with Crippen LogP contribution in [0, 0.1) is 11.8 Å². The molecule has 212 valence electrons. The number of fused-ring (bicyclic) bond motifs is 1. The van der Waals surface area contributed by atoms with Gasteiger partial charge in [-0.2, -0.15) is 0 Å². The monoisotopic (exact) mass is 554 g/mol. The van der Waals surface area contributed by atoms with Gasteiger partial charge in [0.15, 0.2) is 0 Å². The first-order chi connectivity index (χ1) is 18.7. The van der Waals surface area contributed by atoms with Crippen molar-refractivity contribution in [3.63, 3.8) is 0 Å². The summed E-state index contributed by atoms with van der Waals surface area (Å²) in [6.07, 6.45) is 7.04. The minimum Gasteiger partial charge on any atom is -0.465 e. The van der Waals surface area contributed by atoms with Gasteiger partial charge < -0.3 is 19.6 Å². The number of carbonyl (C=O) groups is 3. The molecule has 0 radical (unpaired) electrons. The zero-order valence-corrected chi connectivity index (χ0v) is 24.2. The highest BCUT2D eigenvalue weighted by Crippen LogP contribution is 2.72. The highest BCUT2D eigenvalue weighted by Gasteiger charge is 2.78. The second-order valence-corrected chi connectivity index (χ2v) is 13.1. The highest BCUT2D eigenvalue weighted by molar-refractivity contribution is 8.02. The summed E-state index contributed by atoms with van der Waals surface area (Å²) in [5.41, 5.74) is 0.760. The van der Waals surface area contributed by atoms with E-state index in [1.54, 1.807) is 28.8 Å². The molecule has 2 amide bonds. The van der Waals surface area contributed by atoms with Crippen molar-refractivity contribution in [3.8, 4) is 0 Å². The Balaban J connectivity index is 1.83. The lowest BCUT2D eigenvalue weighted by Crippen LogP contribution is -2.57. The average Bonchev–Trinajstić information content (AvgIpc) is 3.49. The molecular weight excluding hydrogens is 512 g/mol. The van der Waals surface area contributed by atoms with E-state index in [4.69, 9.17) is 4.74 Å². The molecule has 1 aromatic rings. The summed E-state index contributed by atoms with van der Waals surface area (Å²) in [6.45, 7) is 14.0. The molecule has 3 unspecified atom stereocenters. The lowest BCUT2D eigenvalue weighted by molar-refractivity contribution is -0.156. The Hall–Kier alpha value is -2.58. The van der Waals surface area contributed by atoms with Crippen molar-refractivity contribution in [2.45, 2.75) is 80.5 Å². The second kappa shape index (κ2) is 11.9. The number of carbonyl (C=O) groups excluding carboxylic acids is 3. The van der Waals surface area contributed by atoms with Gasteiger partial charge in [-0.1, -0.05) is 55.8 Å². The number of benzene rings is 1. The van der Waals surface area contributed by atoms with Gasteiger partial charge in [-0.3, -0.25) is 14.4 Å². The first-order valence-corrected chi connectivity index (χ1v) is 14.9. The molecule has 7 nitrogen and oxygen atoms in total. The number of likely N-dealkylation sites (tertiary alicyclic amines) is 1. The van der Waals surface area contributed by atoms with Gasteiger partial charge in [0.1, 0.15) is 6.04 Å². The van der Waals surface area contributed by atoms with Crippen molar-refractivity contribution in [2.24, 2.45) is 11.8 Å². The van der Waals surface area contributed by atoms with E-state index in [2.05, 4.69) is 20.1 Å². The van der Waals surface area contributed by atoms with Crippen molar-refractivity contribution in [1.29, 1.82) is 0 Å². The third-order valence-electron chi connectivity index (χ3n) is 8.81. The number of ether oxygens (including phenoxy) is 1. The Bertz CT molecular complexity index is 1100. The van der Waals surface area contributed by atoms with Crippen LogP contribution < -0.4 is 0 Å². The van der Waals surface area contributed by atoms with Crippen LogP contribution in [0.1, 0.15) is 64.5 Å². The molecule has 3 saturated heterocycles. The molecule has 8 heteroatoms. The predicted octanol–water partition coefficient (Wildman–Crippen LogP) is 4.52. The van der Waals surface area contributed by atoms with Crippen LogP contribution in [0.2, 0.25) is 0 Å². The number of aliphatic hydroxyl groups excluding tert-OH is 1. The molecule has 3 fully saturated rings. The van der Waals surface area contributed by atoms with Gasteiger partial charge in [0.05, 0.1) is 35.8 Å². The second-order valence-electron chi connectivity index (χ2n) is 11.2. The summed E-state index contributed by atoms with van der Waals surface area (Å²) < 4.78 is 4.36. The average molecular weight is 555 g/mol. The van der Waals surface area contributed by atoms with Gasteiger partial charge in [0.2, 0.25) is 11.8 Å². The quantitative estimate of drug-likeness (QED) is 0.219. The lowest BCUT2D eigenvalue weighted by Gasteiger charge is -2.41. The Morgan fingerprint density at radius 3 is 2.59 bits per heavy atom. The van der Waals surface area contributed by atoms with E-state index in [0.717, 1.165) is 18.4 Å². The lowest BCUT2D eigenvalue weighted by atomic mass is 9.66. The topological polar surface area (TPSA) is 87.1 Å². The minimum absolute atomic E-state index is 0.0453. The number of aliphatic hydroxyl groups is 1. The molecule has 0 saturated carbocycles. The maximum absolute atomic E-state index is 14.6. The molecule has 4 rings (SSSR count). The Morgan fingerprint density at radius 1 is 1.26 bits per heavy atom. The Kier molecular flexibility index (Phi) is 8.96. The number of rotatable bonds is 13. The van der Waals surface area contributed by atoms with Gasteiger partial charge in [0.25, 0.3) is 0 Å². The first-order valence-electron chi connectivity index (χ1n) is 14.1. The van der Waals surface area contributed by atoms with Crippen LogP contribution in [0.15, 0.2) is 55.6 Å². The number of hydrogen-bond donors (Lipinski definition) is 1. The summed E-state index contributed by atoms with van der Waals surface area (Å²) >= 11 is 1.62. The smallest absolute Gasteiger partial charge is 0.311 e. The first kappa shape index (κ1) is 29.4. The molecule has 0 aliphatic carbocycles. The van der Waals surface area contributed by atoms with Crippen LogP contribution in [0.5, 0.6) is 0 Å². The van der Waals surface area contributed by atoms with Gasteiger partial charge in [-0.05, 0) is 45.1 Å². The van der Waals surface area contributed by atoms with Gasteiger partial charge in [-0.15, -0.1) is 24.9 Å². The maximum Gasteiger partial charge on any atom is 0.311 e. The fourth-order valence-electron chi connectivity index (χ4n) is 7.06. The number of nitrogens with zero attached hydrogens (tertiary/aromatic N) is 2. The number of thioether (sulfide) groups is 1. The summed E-state index contributed by atoms with van der Waals surface area (Å²) in [5.74, 6) is -2.14. The minimum atomic E-state index is -0.815. The molecule has 2 bridgehead atoms. The normalized spacial score (nSPS) is 30.5. The van der Waals surface area contributed by atoms with Crippen molar-refractivity contribution in [2.75, 3.05) is 19.8 Å². The summed E-state index contributed by atoms with van der Waals surface area (Å²) in [7, 11) is 0. The number of hydrogen-bond acceptors (Lipinski definition) is 6. The largest absolute Gasteiger partial charge is 0.465 e. The van der Waals surface area contributed by atoms with E-state index in [1.807, 2.05) is 49.1 Å². The van der Waals surface area contributed by atoms with Crippen molar-refractivity contribution >= 4 is 29.5 Å². The number of esters is 1. The van der Waals surface area contributed by atoms with E-state index in [1.165, 1.54) is 0 Å². The molecule has 1 spiro atoms. The summed E-state index contributed by atoms with van der Waals surface area (Å²) in [5, 5.41) is 10.6. The summed E-state index contributed by atoms with van der Waals surface area (Å²) in [6, 6.07) is 7.79. The van der Waals surface area contributed by atoms with Crippen LogP contribution >= 0.6 is 11.8 Å². The van der Waals surface area contributed by atoms with Crippen LogP contribution in [0.4, 0.5) is 0 Å². The third-order valence-corrected chi connectivity index (χ3v) is 10.8. The molecule has 1 aromatic carbocycles. The molecule has 3 heterocycles. The fourth-order valence-corrected chi connectivity index (χ4v) is 9.38. The number of amides is 2. The van der Waals surface area contributed by atoms with Crippen LogP contribution in [-0.4, -0.2) is 74.0 Å². The van der Waals surface area contributed by atoms with Crippen molar-refractivity contribution < 1.29 is 24.2 Å². The fraction of sp³-hybridized carbons (Fsp3) is 0.581.